The molecule has 1 heteroatoms. The van der Waals surface area contributed by atoms with Gasteiger partial charge in [-0.15, -0.1) is 0 Å². The molecule has 1 nitrogen and oxygen atoms in total. The lowest BCUT2D eigenvalue weighted by molar-refractivity contribution is 0.304. The molecule has 0 heterocycles. The number of aryl methyl sites for hydroxylation is 1. The number of benzene rings is 3. The standard InChI is InChI=1S/C38H56O/c1-4-6-7-8-9-10-14-17-20-33-21-23-34(24-22-33)35-25-26-37-31-38(28-27-36(37)30-35)39-29-18-15-12-11-13-16-19-32(3)5-2/h21-28,30-32H,4-20,29H2,1-3H3. The lowest BCUT2D eigenvalue weighted by Crippen LogP contribution is -1.97. The van der Waals surface area contributed by atoms with Gasteiger partial charge in [0.1, 0.15) is 5.75 Å². The van der Waals surface area contributed by atoms with E-state index in [1.807, 2.05) is 0 Å². The van der Waals surface area contributed by atoms with Crippen LogP contribution in [0.2, 0.25) is 0 Å². The Morgan fingerprint density at radius 3 is 1.87 bits per heavy atom. The summed E-state index contributed by atoms with van der Waals surface area (Å²) in [6.07, 6.45) is 22.9. The molecular weight excluding hydrogens is 472 g/mol. The fraction of sp³-hybridized carbons (Fsp3) is 0.579. The van der Waals surface area contributed by atoms with E-state index in [2.05, 4.69) is 81.4 Å². The number of rotatable bonds is 21. The topological polar surface area (TPSA) is 9.23 Å². The van der Waals surface area contributed by atoms with Crippen LogP contribution >= 0.6 is 0 Å². The van der Waals surface area contributed by atoms with E-state index in [-0.39, 0.29) is 0 Å². The highest BCUT2D eigenvalue weighted by atomic mass is 16.5. The molecular formula is C38H56O. The molecule has 3 rings (SSSR count). The molecule has 3 aromatic rings. The predicted octanol–water partition coefficient (Wildman–Crippen LogP) is 12.3. The maximum Gasteiger partial charge on any atom is 0.119 e. The summed E-state index contributed by atoms with van der Waals surface area (Å²) in [7, 11) is 0. The highest BCUT2D eigenvalue weighted by Crippen LogP contribution is 2.28. The summed E-state index contributed by atoms with van der Waals surface area (Å²) < 4.78 is 6.09. The molecule has 0 N–H and O–H groups in total. The second kappa shape index (κ2) is 18.9. The minimum absolute atomic E-state index is 0.821. The third-order valence-corrected chi connectivity index (χ3v) is 8.47. The van der Waals surface area contributed by atoms with Crippen molar-refractivity contribution in [3.63, 3.8) is 0 Å². The molecule has 0 spiro atoms. The Balaban J connectivity index is 1.36. The average Bonchev–Trinajstić information content (AvgIpc) is 2.97. The van der Waals surface area contributed by atoms with Gasteiger partial charge in [-0.3, -0.25) is 0 Å². The van der Waals surface area contributed by atoms with Gasteiger partial charge < -0.3 is 4.74 Å². The van der Waals surface area contributed by atoms with Crippen molar-refractivity contribution in [3.8, 4) is 16.9 Å². The van der Waals surface area contributed by atoms with E-state index in [1.54, 1.807) is 0 Å². The Bertz CT molecular complexity index is 1030. The molecule has 0 bridgehead atoms. The molecule has 0 saturated carbocycles. The van der Waals surface area contributed by atoms with Crippen LogP contribution < -0.4 is 4.74 Å². The van der Waals surface area contributed by atoms with Crippen molar-refractivity contribution in [2.45, 2.75) is 130 Å². The largest absolute Gasteiger partial charge is 0.494 e. The van der Waals surface area contributed by atoms with Crippen molar-refractivity contribution in [2.24, 2.45) is 5.92 Å². The van der Waals surface area contributed by atoms with Gasteiger partial charge in [0.05, 0.1) is 6.61 Å². The van der Waals surface area contributed by atoms with E-state index in [0.29, 0.717) is 0 Å². The van der Waals surface area contributed by atoms with Crippen molar-refractivity contribution < 1.29 is 4.74 Å². The zero-order chi connectivity index (χ0) is 27.5. The van der Waals surface area contributed by atoms with Crippen LogP contribution in [0.15, 0.2) is 60.7 Å². The van der Waals surface area contributed by atoms with Crippen molar-refractivity contribution in [1.29, 1.82) is 0 Å². The van der Waals surface area contributed by atoms with Crippen LogP contribution in [-0.2, 0) is 6.42 Å². The summed E-state index contributed by atoms with van der Waals surface area (Å²) in [5.41, 5.74) is 4.06. The molecule has 0 aliphatic rings. The Hall–Kier alpha value is -2.28. The normalized spacial score (nSPS) is 12.2. The van der Waals surface area contributed by atoms with Crippen LogP contribution in [0.25, 0.3) is 21.9 Å². The first-order chi connectivity index (χ1) is 19.2. The molecule has 1 unspecified atom stereocenters. The highest BCUT2D eigenvalue weighted by Gasteiger charge is 2.04. The van der Waals surface area contributed by atoms with Crippen molar-refractivity contribution >= 4 is 10.8 Å². The van der Waals surface area contributed by atoms with Crippen molar-refractivity contribution in [2.75, 3.05) is 6.61 Å². The van der Waals surface area contributed by atoms with Gasteiger partial charge in [-0.25, -0.2) is 0 Å². The molecule has 0 aliphatic carbocycles. The zero-order valence-electron chi connectivity index (χ0n) is 25.5. The number of fused-ring (bicyclic) bond motifs is 1. The van der Waals surface area contributed by atoms with Gasteiger partial charge in [0.15, 0.2) is 0 Å². The predicted molar refractivity (Wildman–Crippen MR) is 173 cm³/mol. The molecule has 0 aliphatic heterocycles. The Labute approximate surface area is 240 Å². The van der Waals surface area contributed by atoms with Crippen LogP contribution in [0.3, 0.4) is 0 Å². The summed E-state index contributed by atoms with van der Waals surface area (Å²) in [6.45, 7) is 7.79. The van der Waals surface area contributed by atoms with Gasteiger partial charge in [0.25, 0.3) is 0 Å². The summed E-state index contributed by atoms with van der Waals surface area (Å²) >= 11 is 0. The maximum atomic E-state index is 6.09. The summed E-state index contributed by atoms with van der Waals surface area (Å²) in [5.74, 6) is 1.89. The molecule has 39 heavy (non-hydrogen) atoms. The van der Waals surface area contributed by atoms with Crippen LogP contribution in [0.5, 0.6) is 5.75 Å². The minimum Gasteiger partial charge on any atom is -0.494 e. The first-order valence-electron chi connectivity index (χ1n) is 16.5. The minimum atomic E-state index is 0.821. The van der Waals surface area contributed by atoms with Gasteiger partial charge in [0.2, 0.25) is 0 Å². The number of hydrogen-bond donors (Lipinski definition) is 0. The third kappa shape index (κ3) is 12.2. The maximum absolute atomic E-state index is 6.09. The molecule has 0 amide bonds. The smallest absolute Gasteiger partial charge is 0.119 e. The zero-order valence-corrected chi connectivity index (χ0v) is 25.5. The van der Waals surface area contributed by atoms with Gasteiger partial charge in [-0.2, -0.15) is 0 Å². The summed E-state index contributed by atoms with van der Waals surface area (Å²) in [5, 5.41) is 2.53. The lowest BCUT2D eigenvalue weighted by atomic mass is 9.98. The fourth-order valence-corrected chi connectivity index (χ4v) is 5.52. The van der Waals surface area contributed by atoms with Gasteiger partial charge in [0, 0.05) is 0 Å². The number of ether oxygens (including phenoxy) is 1. The average molecular weight is 529 g/mol. The summed E-state index contributed by atoms with van der Waals surface area (Å²) in [6, 6.07) is 22.6. The first-order valence-corrected chi connectivity index (χ1v) is 16.5. The van der Waals surface area contributed by atoms with Gasteiger partial charge in [-0.1, -0.05) is 153 Å². The molecule has 0 saturated heterocycles. The molecule has 1 atom stereocenters. The van der Waals surface area contributed by atoms with Gasteiger partial charge >= 0.3 is 0 Å². The van der Waals surface area contributed by atoms with Crippen LogP contribution in [0.4, 0.5) is 0 Å². The number of hydrogen-bond acceptors (Lipinski definition) is 1. The summed E-state index contributed by atoms with van der Waals surface area (Å²) in [4.78, 5) is 0. The third-order valence-electron chi connectivity index (χ3n) is 8.47. The fourth-order valence-electron chi connectivity index (χ4n) is 5.52. The second-order valence-electron chi connectivity index (χ2n) is 11.9. The van der Waals surface area contributed by atoms with E-state index in [1.165, 1.54) is 130 Å². The van der Waals surface area contributed by atoms with E-state index >= 15 is 0 Å². The van der Waals surface area contributed by atoms with Crippen molar-refractivity contribution in [3.05, 3.63) is 66.2 Å². The van der Waals surface area contributed by atoms with E-state index < -0.39 is 0 Å². The van der Waals surface area contributed by atoms with Crippen molar-refractivity contribution in [1.82, 2.24) is 0 Å². The Kier molecular flexibility index (Phi) is 15.2. The Morgan fingerprint density at radius 1 is 0.564 bits per heavy atom. The lowest BCUT2D eigenvalue weighted by Gasteiger charge is -2.10. The van der Waals surface area contributed by atoms with Crippen LogP contribution in [-0.4, -0.2) is 6.61 Å². The second-order valence-corrected chi connectivity index (χ2v) is 11.9. The quantitative estimate of drug-likeness (QED) is 0.125. The molecule has 0 radical (unpaired) electrons. The molecule has 0 fully saturated rings. The van der Waals surface area contributed by atoms with E-state index in [9.17, 15) is 0 Å². The van der Waals surface area contributed by atoms with Crippen LogP contribution in [0, 0.1) is 5.92 Å². The molecule has 0 aromatic heterocycles. The van der Waals surface area contributed by atoms with E-state index in [0.717, 1.165) is 24.7 Å². The van der Waals surface area contributed by atoms with Crippen LogP contribution in [0.1, 0.15) is 129 Å². The first kappa shape index (κ1) is 31.3. The Morgan fingerprint density at radius 2 is 1.15 bits per heavy atom. The number of unbranched alkanes of at least 4 members (excludes halogenated alkanes) is 12. The highest BCUT2D eigenvalue weighted by molar-refractivity contribution is 5.88. The molecule has 214 valence electrons. The molecule has 3 aromatic carbocycles. The van der Waals surface area contributed by atoms with E-state index in [4.69, 9.17) is 4.74 Å². The monoisotopic (exact) mass is 528 g/mol. The van der Waals surface area contributed by atoms with Gasteiger partial charge in [-0.05, 0) is 70.8 Å². The SMILES string of the molecule is CCCCCCCCCCc1ccc(-c2ccc3cc(OCCCCCCCCC(C)CC)ccc3c2)cc1.